The molecule has 0 spiro atoms. The SMILES string of the molecule is CCCN(CCOC)C1CNC1. The van der Waals surface area contributed by atoms with Crippen molar-refractivity contribution in [3.63, 3.8) is 0 Å². The third kappa shape index (κ3) is 2.73. The molecule has 0 aromatic rings. The molecule has 1 heterocycles. The molecule has 0 amide bonds. The molecule has 0 saturated carbocycles. The summed E-state index contributed by atoms with van der Waals surface area (Å²) in [5.41, 5.74) is 0. The lowest BCUT2D eigenvalue weighted by Crippen LogP contribution is -2.57. The average Bonchev–Trinajstić information content (AvgIpc) is 1.97. The fourth-order valence-electron chi connectivity index (χ4n) is 1.50. The van der Waals surface area contributed by atoms with Crippen LogP contribution in [0.15, 0.2) is 0 Å². The topological polar surface area (TPSA) is 24.5 Å². The third-order valence-electron chi connectivity index (χ3n) is 2.37. The van der Waals surface area contributed by atoms with Gasteiger partial charge in [0.1, 0.15) is 0 Å². The first-order valence-corrected chi connectivity index (χ1v) is 4.82. The second-order valence-electron chi connectivity index (χ2n) is 3.34. The molecule has 1 fully saturated rings. The zero-order valence-corrected chi connectivity index (χ0v) is 8.18. The highest BCUT2D eigenvalue weighted by molar-refractivity contribution is 4.84. The number of hydrogen-bond acceptors (Lipinski definition) is 3. The van der Waals surface area contributed by atoms with E-state index in [9.17, 15) is 0 Å². The highest BCUT2D eigenvalue weighted by Gasteiger charge is 2.22. The van der Waals surface area contributed by atoms with E-state index in [1.165, 1.54) is 13.0 Å². The maximum Gasteiger partial charge on any atom is 0.0589 e. The van der Waals surface area contributed by atoms with Crippen LogP contribution in [-0.4, -0.2) is 50.8 Å². The summed E-state index contributed by atoms with van der Waals surface area (Å²) in [5, 5.41) is 3.29. The van der Waals surface area contributed by atoms with Crippen molar-refractivity contribution >= 4 is 0 Å². The predicted octanol–water partition coefficient (Wildman–Crippen LogP) is 0.317. The smallest absolute Gasteiger partial charge is 0.0589 e. The van der Waals surface area contributed by atoms with Crippen molar-refractivity contribution in [2.45, 2.75) is 19.4 Å². The highest BCUT2D eigenvalue weighted by Crippen LogP contribution is 2.05. The Kier molecular flexibility index (Phi) is 4.58. The lowest BCUT2D eigenvalue weighted by atomic mass is 10.1. The number of ether oxygens (including phenoxy) is 1. The second kappa shape index (κ2) is 5.51. The van der Waals surface area contributed by atoms with Gasteiger partial charge in [-0.05, 0) is 13.0 Å². The van der Waals surface area contributed by atoms with Crippen molar-refractivity contribution in [2.24, 2.45) is 0 Å². The Hall–Kier alpha value is -0.120. The summed E-state index contributed by atoms with van der Waals surface area (Å²) in [4.78, 5) is 2.51. The minimum Gasteiger partial charge on any atom is -0.383 e. The Bertz CT molecular complexity index is 115. The largest absolute Gasteiger partial charge is 0.383 e. The monoisotopic (exact) mass is 172 g/mol. The summed E-state index contributed by atoms with van der Waals surface area (Å²) in [7, 11) is 1.77. The fraction of sp³-hybridized carbons (Fsp3) is 1.00. The standard InChI is InChI=1S/C9H20N2O/c1-3-4-11(5-6-12-2)9-7-10-8-9/h9-10H,3-8H2,1-2H3. The van der Waals surface area contributed by atoms with Crippen molar-refractivity contribution in [2.75, 3.05) is 39.9 Å². The lowest BCUT2D eigenvalue weighted by molar-refractivity contribution is 0.0961. The molecule has 0 aromatic carbocycles. The normalized spacial score (nSPS) is 18.2. The summed E-state index contributed by atoms with van der Waals surface area (Å²) in [5.74, 6) is 0. The Morgan fingerprint density at radius 1 is 1.42 bits per heavy atom. The Morgan fingerprint density at radius 3 is 2.58 bits per heavy atom. The van der Waals surface area contributed by atoms with Crippen molar-refractivity contribution in [1.29, 1.82) is 0 Å². The molecule has 12 heavy (non-hydrogen) atoms. The Morgan fingerprint density at radius 2 is 2.17 bits per heavy atom. The summed E-state index contributed by atoms with van der Waals surface area (Å²) in [6.07, 6.45) is 1.24. The van der Waals surface area contributed by atoms with Crippen LogP contribution < -0.4 is 5.32 Å². The van der Waals surface area contributed by atoms with Gasteiger partial charge in [0.2, 0.25) is 0 Å². The van der Waals surface area contributed by atoms with Crippen LogP contribution in [0.5, 0.6) is 0 Å². The lowest BCUT2D eigenvalue weighted by Gasteiger charge is -2.38. The van der Waals surface area contributed by atoms with Crippen LogP contribution >= 0.6 is 0 Å². The molecule has 0 bridgehead atoms. The highest BCUT2D eigenvalue weighted by atomic mass is 16.5. The molecule has 0 atom stereocenters. The minimum atomic E-state index is 0.764. The number of methoxy groups -OCH3 is 1. The first-order chi connectivity index (χ1) is 5.88. The van der Waals surface area contributed by atoms with E-state index in [1.54, 1.807) is 7.11 Å². The van der Waals surface area contributed by atoms with Crippen LogP contribution in [0.1, 0.15) is 13.3 Å². The molecule has 1 N–H and O–H groups in total. The van der Waals surface area contributed by atoms with Crippen molar-refractivity contribution < 1.29 is 4.74 Å². The van der Waals surface area contributed by atoms with Gasteiger partial charge in [0.25, 0.3) is 0 Å². The zero-order valence-electron chi connectivity index (χ0n) is 8.18. The van der Waals surface area contributed by atoms with Gasteiger partial charge < -0.3 is 10.1 Å². The number of rotatable bonds is 6. The van der Waals surface area contributed by atoms with E-state index in [4.69, 9.17) is 4.74 Å². The van der Waals surface area contributed by atoms with Gasteiger partial charge in [0, 0.05) is 32.8 Å². The molecule has 0 unspecified atom stereocenters. The predicted molar refractivity (Wildman–Crippen MR) is 50.4 cm³/mol. The van der Waals surface area contributed by atoms with Crippen LogP contribution in [0.3, 0.4) is 0 Å². The van der Waals surface area contributed by atoms with Crippen LogP contribution in [0, 0.1) is 0 Å². The molecular formula is C9H20N2O. The first-order valence-electron chi connectivity index (χ1n) is 4.82. The van der Waals surface area contributed by atoms with Gasteiger partial charge in [0.05, 0.1) is 6.61 Å². The number of nitrogens with one attached hydrogen (secondary N) is 1. The van der Waals surface area contributed by atoms with Crippen molar-refractivity contribution in [1.82, 2.24) is 10.2 Å². The first kappa shape index (κ1) is 9.96. The fourth-order valence-corrected chi connectivity index (χ4v) is 1.50. The molecular weight excluding hydrogens is 152 g/mol. The summed E-state index contributed by atoms with van der Waals surface area (Å²) in [6, 6.07) is 0.764. The quantitative estimate of drug-likeness (QED) is 0.624. The summed E-state index contributed by atoms with van der Waals surface area (Å²) < 4.78 is 5.08. The van der Waals surface area contributed by atoms with Gasteiger partial charge in [-0.2, -0.15) is 0 Å². The third-order valence-corrected chi connectivity index (χ3v) is 2.37. The molecule has 0 radical (unpaired) electrons. The summed E-state index contributed by atoms with van der Waals surface area (Å²) >= 11 is 0. The van der Waals surface area contributed by atoms with E-state index < -0.39 is 0 Å². The maximum absolute atomic E-state index is 5.08. The Labute approximate surface area is 75.1 Å². The van der Waals surface area contributed by atoms with E-state index in [2.05, 4.69) is 17.1 Å². The molecule has 0 aliphatic carbocycles. The van der Waals surface area contributed by atoms with Gasteiger partial charge in [-0.15, -0.1) is 0 Å². The van der Waals surface area contributed by atoms with Crippen LogP contribution in [0.4, 0.5) is 0 Å². The molecule has 0 aromatic heterocycles. The van der Waals surface area contributed by atoms with E-state index >= 15 is 0 Å². The Balaban J connectivity index is 2.17. The van der Waals surface area contributed by atoms with Crippen LogP contribution in [-0.2, 0) is 4.74 Å². The van der Waals surface area contributed by atoms with E-state index in [-0.39, 0.29) is 0 Å². The van der Waals surface area contributed by atoms with Crippen molar-refractivity contribution in [3.8, 4) is 0 Å². The van der Waals surface area contributed by atoms with Crippen LogP contribution in [0.25, 0.3) is 0 Å². The van der Waals surface area contributed by atoms with E-state index in [1.807, 2.05) is 0 Å². The van der Waals surface area contributed by atoms with Crippen molar-refractivity contribution in [3.05, 3.63) is 0 Å². The zero-order chi connectivity index (χ0) is 8.81. The molecule has 72 valence electrons. The molecule has 1 rings (SSSR count). The summed E-state index contributed by atoms with van der Waals surface area (Å²) in [6.45, 7) is 7.68. The van der Waals surface area contributed by atoms with Gasteiger partial charge in [-0.3, -0.25) is 4.90 Å². The molecule has 1 aliphatic heterocycles. The van der Waals surface area contributed by atoms with E-state index in [0.717, 1.165) is 32.3 Å². The minimum absolute atomic E-state index is 0.764. The number of hydrogen-bond donors (Lipinski definition) is 1. The van der Waals surface area contributed by atoms with Gasteiger partial charge >= 0.3 is 0 Å². The van der Waals surface area contributed by atoms with Gasteiger partial charge in [-0.25, -0.2) is 0 Å². The van der Waals surface area contributed by atoms with E-state index in [0.29, 0.717) is 0 Å². The second-order valence-corrected chi connectivity index (χ2v) is 3.34. The average molecular weight is 172 g/mol. The molecule has 1 saturated heterocycles. The van der Waals surface area contributed by atoms with Gasteiger partial charge in [0.15, 0.2) is 0 Å². The molecule has 1 aliphatic rings. The maximum atomic E-state index is 5.08. The number of nitrogens with zero attached hydrogens (tertiary/aromatic N) is 1. The molecule has 3 heteroatoms. The molecule has 3 nitrogen and oxygen atoms in total. The van der Waals surface area contributed by atoms with Gasteiger partial charge in [-0.1, -0.05) is 6.92 Å². The van der Waals surface area contributed by atoms with Crippen LogP contribution in [0.2, 0.25) is 0 Å².